The smallest absolute Gasteiger partial charge is 0.409 e. The van der Waals surface area contributed by atoms with Crippen LogP contribution in [0.5, 0.6) is 5.75 Å². The van der Waals surface area contributed by atoms with E-state index in [9.17, 15) is 18.0 Å². The summed E-state index contributed by atoms with van der Waals surface area (Å²) in [6.45, 7) is 0.885. The van der Waals surface area contributed by atoms with Crippen molar-refractivity contribution in [1.29, 1.82) is 0 Å². The Kier molecular flexibility index (Phi) is 5.39. The molecule has 0 bridgehead atoms. The second-order valence-electron chi connectivity index (χ2n) is 6.90. The molecule has 1 fully saturated rings. The Morgan fingerprint density at radius 3 is 2.57 bits per heavy atom. The van der Waals surface area contributed by atoms with Gasteiger partial charge in [0.25, 0.3) is 0 Å². The number of carbonyl (C=O) groups is 1. The number of aromatic nitrogens is 4. The molecule has 0 atom stereocenters. The summed E-state index contributed by atoms with van der Waals surface area (Å²) in [4.78, 5) is 17.7. The molecular weight excluding hydrogens is 399 g/mol. The molecule has 156 valence electrons. The Morgan fingerprint density at radius 2 is 1.87 bits per heavy atom. The minimum absolute atomic E-state index is 0.00580. The first-order valence-electron chi connectivity index (χ1n) is 9.37. The maximum atomic E-state index is 13.3. The lowest BCUT2D eigenvalue weighted by Gasteiger charge is -2.30. The van der Waals surface area contributed by atoms with Gasteiger partial charge in [-0.15, -0.1) is 5.10 Å². The van der Waals surface area contributed by atoms with Crippen LogP contribution in [-0.2, 0) is 6.18 Å². The number of amides is 1. The largest absolute Gasteiger partial charge is 0.417 e. The Hall–Kier alpha value is -3.43. The van der Waals surface area contributed by atoms with Crippen molar-refractivity contribution in [2.45, 2.75) is 25.1 Å². The summed E-state index contributed by atoms with van der Waals surface area (Å²) in [7, 11) is 0. The normalized spacial score (nSPS) is 15.2. The first-order chi connectivity index (χ1) is 14.4. The SMILES string of the molecule is O=C(Oc1cccnc1)N1CCC(n2cc(-c3ccccc3C(F)(F)F)nn2)CC1. The van der Waals surface area contributed by atoms with Crippen LogP contribution < -0.4 is 4.74 Å². The topological polar surface area (TPSA) is 73.1 Å². The summed E-state index contributed by atoms with van der Waals surface area (Å²) < 4.78 is 46.6. The molecule has 1 aliphatic rings. The van der Waals surface area contributed by atoms with Gasteiger partial charge in [0.05, 0.1) is 24.0 Å². The third kappa shape index (κ3) is 4.27. The van der Waals surface area contributed by atoms with E-state index in [0.717, 1.165) is 6.07 Å². The first kappa shape index (κ1) is 19.9. The van der Waals surface area contributed by atoms with Crippen LogP contribution in [-0.4, -0.2) is 44.1 Å². The van der Waals surface area contributed by atoms with Crippen LogP contribution >= 0.6 is 0 Å². The van der Waals surface area contributed by atoms with E-state index in [1.54, 1.807) is 27.9 Å². The van der Waals surface area contributed by atoms with Gasteiger partial charge < -0.3 is 9.64 Å². The summed E-state index contributed by atoms with van der Waals surface area (Å²) in [5, 5.41) is 7.98. The average Bonchev–Trinajstić information content (AvgIpc) is 3.24. The third-order valence-corrected chi connectivity index (χ3v) is 4.96. The number of ether oxygens (including phenoxy) is 1. The molecule has 0 radical (unpaired) electrons. The maximum absolute atomic E-state index is 13.3. The molecule has 1 saturated heterocycles. The van der Waals surface area contributed by atoms with Gasteiger partial charge in [-0.2, -0.15) is 13.2 Å². The van der Waals surface area contributed by atoms with Gasteiger partial charge in [-0.1, -0.05) is 23.4 Å². The molecule has 3 heterocycles. The second-order valence-corrected chi connectivity index (χ2v) is 6.90. The molecule has 1 amide bonds. The van der Waals surface area contributed by atoms with E-state index in [1.165, 1.54) is 30.6 Å². The van der Waals surface area contributed by atoms with Crippen molar-refractivity contribution in [3.8, 4) is 17.0 Å². The number of halogens is 3. The predicted molar refractivity (Wildman–Crippen MR) is 101 cm³/mol. The van der Waals surface area contributed by atoms with Crippen LogP contribution in [0.4, 0.5) is 18.0 Å². The number of pyridine rings is 1. The standard InChI is InChI=1S/C20H18F3N5O2/c21-20(22,23)17-6-2-1-5-16(17)18-13-28(26-25-18)14-7-10-27(11-8-14)19(29)30-15-4-3-9-24-12-15/h1-6,9,12-14H,7-8,10-11H2. The van der Waals surface area contributed by atoms with Crippen molar-refractivity contribution in [2.75, 3.05) is 13.1 Å². The molecule has 1 aromatic carbocycles. The van der Waals surface area contributed by atoms with Crippen LogP contribution in [0.15, 0.2) is 55.0 Å². The highest BCUT2D eigenvalue weighted by atomic mass is 19.4. The molecule has 0 N–H and O–H groups in total. The fourth-order valence-corrected chi connectivity index (χ4v) is 3.42. The number of nitrogens with zero attached hydrogens (tertiary/aromatic N) is 5. The highest BCUT2D eigenvalue weighted by Crippen LogP contribution is 2.36. The van der Waals surface area contributed by atoms with E-state index >= 15 is 0 Å². The zero-order valence-electron chi connectivity index (χ0n) is 15.8. The quantitative estimate of drug-likeness (QED) is 0.639. The van der Waals surface area contributed by atoms with Crippen LogP contribution in [0, 0.1) is 0 Å². The zero-order chi connectivity index (χ0) is 21.1. The van der Waals surface area contributed by atoms with Crippen LogP contribution in [0.3, 0.4) is 0 Å². The fourth-order valence-electron chi connectivity index (χ4n) is 3.42. The van der Waals surface area contributed by atoms with E-state index in [1.807, 2.05) is 0 Å². The number of hydrogen-bond donors (Lipinski definition) is 0. The van der Waals surface area contributed by atoms with E-state index in [2.05, 4.69) is 15.3 Å². The molecule has 7 nitrogen and oxygen atoms in total. The lowest BCUT2D eigenvalue weighted by molar-refractivity contribution is -0.137. The van der Waals surface area contributed by atoms with Crippen molar-refractivity contribution in [3.63, 3.8) is 0 Å². The molecular formula is C20H18F3N5O2. The van der Waals surface area contributed by atoms with Crippen LogP contribution in [0.25, 0.3) is 11.3 Å². The van der Waals surface area contributed by atoms with E-state index < -0.39 is 17.8 Å². The summed E-state index contributed by atoms with van der Waals surface area (Å²) in [6.07, 6.45) is 0.819. The number of piperidine rings is 1. The van der Waals surface area contributed by atoms with Crippen molar-refractivity contribution < 1.29 is 22.7 Å². The van der Waals surface area contributed by atoms with Crippen LogP contribution in [0.2, 0.25) is 0 Å². The van der Waals surface area contributed by atoms with Gasteiger partial charge in [0.15, 0.2) is 5.75 Å². The monoisotopic (exact) mass is 417 g/mol. The number of carbonyl (C=O) groups excluding carboxylic acids is 1. The lowest BCUT2D eigenvalue weighted by Crippen LogP contribution is -2.40. The molecule has 10 heteroatoms. The Labute approximate surface area is 170 Å². The number of benzene rings is 1. The molecule has 4 rings (SSSR count). The predicted octanol–water partition coefficient (Wildman–Crippen LogP) is 4.19. The molecule has 1 aliphatic heterocycles. The second kappa shape index (κ2) is 8.13. The van der Waals surface area contributed by atoms with Gasteiger partial charge in [0.2, 0.25) is 0 Å². The van der Waals surface area contributed by atoms with E-state index in [-0.39, 0.29) is 17.3 Å². The highest BCUT2D eigenvalue weighted by Gasteiger charge is 2.34. The van der Waals surface area contributed by atoms with Crippen molar-refractivity contribution in [1.82, 2.24) is 24.9 Å². The summed E-state index contributed by atoms with van der Waals surface area (Å²) in [5.74, 6) is 0.369. The number of alkyl halides is 3. The zero-order valence-corrected chi connectivity index (χ0v) is 15.8. The lowest BCUT2D eigenvalue weighted by atomic mass is 10.0. The summed E-state index contributed by atoms with van der Waals surface area (Å²) in [6, 6.07) is 8.55. The number of rotatable bonds is 3. The Balaban J connectivity index is 1.41. The maximum Gasteiger partial charge on any atom is 0.417 e. The van der Waals surface area contributed by atoms with Crippen molar-refractivity contribution in [2.24, 2.45) is 0 Å². The van der Waals surface area contributed by atoms with Crippen LogP contribution in [0.1, 0.15) is 24.4 Å². The van der Waals surface area contributed by atoms with Gasteiger partial charge in [-0.3, -0.25) is 4.98 Å². The average molecular weight is 417 g/mol. The summed E-state index contributed by atoms with van der Waals surface area (Å²) in [5.41, 5.74) is -0.583. The molecule has 30 heavy (non-hydrogen) atoms. The molecule has 0 spiro atoms. The van der Waals surface area contributed by atoms with Gasteiger partial charge in [0, 0.05) is 24.8 Å². The van der Waals surface area contributed by atoms with E-state index in [0.29, 0.717) is 31.7 Å². The summed E-state index contributed by atoms with van der Waals surface area (Å²) >= 11 is 0. The van der Waals surface area contributed by atoms with Gasteiger partial charge >= 0.3 is 12.3 Å². The minimum Gasteiger partial charge on any atom is -0.409 e. The number of hydrogen-bond acceptors (Lipinski definition) is 5. The van der Waals surface area contributed by atoms with Gasteiger partial charge in [-0.05, 0) is 31.0 Å². The highest BCUT2D eigenvalue weighted by molar-refractivity contribution is 5.70. The molecule has 0 saturated carbocycles. The third-order valence-electron chi connectivity index (χ3n) is 4.96. The van der Waals surface area contributed by atoms with E-state index in [4.69, 9.17) is 4.74 Å². The molecule has 0 aliphatic carbocycles. The Morgan fingerprint density at radius 1 is 1.10 bits per heavy atom. The van der Waals surface area contributed by atoms with Gasteiger partial charge in [-0.25, -0.2) is 9.48 Å². The molecule has 2 aromatic heterocycles. The first-order valence-corrected chi connectivity index (χ1v) is 9.37. The Bertz CT molecular complexity index is 1010. The minimum atomic E-state index is -4.47. The fraction of sp³-hybridized carbons (Fsp3) is 0.300. The molecule has 0 unspecified atom stereocenters. The van der Waals surface area contributed by atoms with Gasteiger partial charge in [0.1, 0.15) is 5.69 Å². The molecule has 3 aromatic rings. The van der Waals surface area contributed by atoms with Crippen molar-refractivity contribution in [3.05, 3.63) is 60.6 Å². The van der Waals surface area contributed by atoms with Crippen molar-refractivity contribution >= 4 is 6.09 Å². The number of likely N-dealkylation sites (tertiary alicyclic amines) is 1.